The van der Waals surface area contributed by atoms with Crippen molar-refractivity contribution in [1.29, 1.82) is 0 Å². The maximum Gasteiger partial charge on any atom is 0.237 e. The lowest BCUT2D eigenvalue weighted by atomic mass is 10.1. The fourth-order valence-corrected chi connectivity index (χ4v) is 4.54. The van der Waals surface area contributed by atoms with Gasteiger partial charge in [0, 0.05) is 18.3 Å². The molecule has 7 heteroatoms. The van der Waals surface area contributed by atoms with E-state index in [0.29, 0.717) is 12.4 Å². The standard InChI is InChI=1S/C22H24N4O2S/c1-3-25-20(14-28-18-10-5-4-6-11-18)23-24-22(25)29-15-21(27)26-16(2)13-17-9-7-8-12-19(17)26/h4-12,16H,3,13-15H2,1-2H3/t16-/m0/s1. The number of para-hydroxylation sites is 2. The number of nitrogens with zero attached hydrogens (tertiary/aromatic N) is 4. The fourth-order valence-electron chi connectivity index (χ4n) is 3.66. The molecule has 4 rings (SSSR count). The summed E-state index contributed by atoms with van der Waals surface area (Å²) in [7, 11) is 0. The summed E-state index contributed by atoms with van der Waals surface area (Å²) < 4.78 is 7.80. The molecule has 150 valence electrons. The Bertz CT molecular complexity index is 989. The monoisotopic (exact) mass is 408 g/mol. The molecule has 1 aromatic heterocycles. The fraction of sp³-hybridized carbons (Fsp3) is 0.318. The van der Waals surface area contributed by atoms with Crippen molar-refractivity contribution in [2.24, 2.45) is 0 Å². The lowest BCUT2D eigenvalue weighted by Crippen LogP contribution is -2.37. The minimum absolute atomic E-state index is 0.0974. The zero-order valence-corrected chi connectivity index (χ0v) is 17.4. The molecule has 0 spiro atoms. The van der Waals surface area contributed by atoms with Gasteiger partial charge in [0.1, 0.15) is 12.4 Å². The second kappa shape index (κ2) is 8.69. The molecule has 0 unspecified atom stereocenters. The molecule has 6 nitrogen and oxygen atoms in total. The summed E-state index contributed by atoms with van der Waals surface area (Å²) in [6.07, 6.45) is 0.901. The second-order valence-corrected chi connectivity index (χ2v) is 7.92. The summed E-state index contributed by atoms with van der Waals surface area (Å²) in [5.74, 6) is 1.98. The number of anilines is 1. The quantitative estimate of drug-likeness (QED) is 0.554. The van der Waals surface area contributed by atoms with Crippen LogP contribution in [0.3, 0.4) is 0 Å². The number of ether oxygens (including phenoxy) is 1. The van der Waals surface area contributed by atoms with Gasteiger partial charge < -0.3 is 14.2 Å². The number of benzene rings is 2. The van der Waals surface area contributed by atoms with E-state index in [0.717, 1.165) is 35.4 Å². The third-order valence-corrected chi connectivity index (χ3v) is 5.97. The van der Waals surface area contributed by atoms with Gasteiger partial charge in [-0.3, -0.25) is 4.79 Å². The van der Waals surface area contributed by atoms with Gasteiger partial charge >= 0.3 is 0 Å². The maximum absolute atomic E-state index is 12.9. The molecule has 1 amide bonds. The lowest BCUT2D eigenvalue weighted by Gasteiger charge is -2.22. The van der Waals surface area contributed by atoms with Crippen molar-refractivity contribution >= 4 is 23.4 Å². The Morgan fingerprint density at radius 3 is 2.69 bits per heavy atom. The highest BCUT2D eigenvalue weighted by molar-refractivity contribution is 7.99. The Kier molecular flexibility index (Phi) is 5.85. The molecule has 29 heavy (non-hydrogen) atoms. The van der Waals surface area contributed by atoms with Crippen LogP contribution in [-0.4, -0.2) is 32.5 Å². The highest BCUT2D eigenvalue weighted by Gasteiger charge is 2.30. The summed E-state index contributed by atoms with van der Waals surface area (Å²) >= 11 is 1.43. The molecule has 1 aliphatic rings. The van der Waals surface area contributed by atoms with Gasteiger partial charge in [-0.2, -0.15) is 0 Å². The predicted molar refractivity (Wildman–Crippen MR) is 114 cm³/mol. The summed E-state index contributed by atoms with van der Waals surface area (Å²) in [6, 6.07) is 18.0. The molecule has 2 heterocycles. The van der Waals surface area contributed by atoms with Crippen LogP contribution in [0.25, 0.3) is 0 Å². The topological polar surface area (TPSA) is 60.2 Å². The Balaban J connectivity index is 1.41. The molecule has 3 aromatic rings. The van der Waals surface area contributed by atoms with E-state index in [1.165, 1.54) is 17.3 Å². The molecule has 0 fully saturated rings. The Hall–Kier alpha value is -2.80. The first kappa shape index (κ1) is 19.5. The highest BCUT2D eigenvalue weighted by Crippen LogP contribution is 2.32. The second-order valence-electron chi connectivity index (χ2n) is 6.98. The van der Waals surface area contributed by atoms with Gasteiger partial charge in [-0.05, 0) is 44.0 Å². The normalized spacial score (nSPS) is 15.4. The first-order valence-corrected chi connectivity index (χ1v) is 10.8. The molecule has 1 aliphatic heterocycles. The van der Waals surface area contributed by atoms with Crippen LogP contribution >= 0.6 is 11.8 Å². The number of aromatic nitrogens is 3. The van der Waals surface area contributed by atoms with Gasteiger partial charge in [-0.15, -0.1) is 10.2 Å². The number of rotatable bonds is 7. The van der Waals surface area contributed by atoms with Gasteiger partial charge in [0.05, 0.1) is 5.75 Å². The van der Waals surface area contributed by atoms with Gasteiger partial charge in [0.15, 0.2) is 11.0 Å². The van der Waals surface area contributed by atoms with Crippen molar-refractivity contribution in [3.8, 4) is 5.75 Å². The van der Waals surface area contributed by atoms with Crippen molar-refractivity contribution in [2.75, 3.05) is 10.7 Å². The van der Waals surface area contributed by atoms with Crippen LogP contribution in [0.2, 0.25) is 0 Å². The van der Waals surface area contributed by atoms with Gasteiger partial charge in [-0.1, -0.05) is 48.2 Å². The van der Waals surface area contributed by atoms with Crippen LogP contribution in [0.5, 0.6) is 5.75 Å². The van der Waals surface area contributed by atoms with E-state index in [1.54, 1.807) is 0 Å². The van der Waals surface area contributed by atoms with E-state index < -0.39 is 0 Å². The number of carbonyl (C=O) groups excluding carboxylic acids is 1. The van der Waals surface area contributed by atoms with Gasteiger partial charge in [0.2, 0.25) is 5.91 Å². The molecule has 0 N–H and O–H groups in total. The average molecular weight is 409 g/mol. The molecule has 1 atom stereocenters. The minimum atomic E-state index is 0.0974. The largest absolute Gasteiger partial charge is 0.486 e. The van der Waals surface area contributed by atoms with E-state index in [-0.39, 0.29) is 11.9 Å². The zero-order chi connectivity index (χ0) is 20.2. The van der Waals surface area contributed by atoms with Gasteiger partial charge in [-0.25, -0.2) is 0 Å². The lowest BCUT2D eigenvalue weighted by molar-refractivity contribution is -0.116. The van der Waals surface area contributed by atoms with E-state index in [2.05, 4.69) is 23.2 Å². The number of hydrogen-bond acceptors (Lipinski definition) is 5. The van der Waals surface area contributed by atoms with Crippen molar-refractivity contribution in [2.45, 2.75) is 44.6 Å². The molecule has 0 saturated carbocycles. The Morgan fingerprint density at radius 2 is 1.90 bits per heavy atom. The van der Waals surface area contributed by atoms with Crippen molar-refractivity contribution in [1.82, 2.24) is 14.8 Å². The maximum atomic E-state index is 12.9. The van der Waals surface area contributed by atoms with Crippen molar-refractivity contribution in [3.05, 3.63) is 66.0 Å². The minimum Gasteiger partial charge on any atom is -0.486 e. The van der Waals surface area contributed by atoms with Crippen LogP contribution < -0.4 is 9.64 Å². The van der Waals surface area contributed by atoms with Crippen LogP contribution in [0, 0.1) is 0 Å². The third-order valence-electron chi connectivity index (χ3n) is 5.02. The van der Waals surface area contributed by atoms with E-state index in [9.17, 15) is 4.79 Å². The zero-order valence-electron chi connectivity index (χ0n) is 16.6. The molecule has 0 radical (unpaired) electrons. The number of hydrogen-bond donors (Lipinski definition) is 0. The van der Waals surface area contributed by atoms with Crippen LogP contribution in [0.15, 0.2) is 59.8 Å². The molecular formula is C22H24N4O2S. The third kappa shape index (κ3) is 4.15. The Labute approximate surface area is 174 Å². The van der Waals surface area contributed by atoms with E-state index in [4.69, 9.17) is 4.74 Å². The van der Waals surface area contributed by atoms with Crippen molar-refractivity contribution in [3.63, 3.8) is 0 Å². The predicted octanol–water partition coefficient (Wildman–Crippen LogP) is 3.95. The first-order chi connectivity index (χ1) is 14.2. The molecular weight excluding hydrogens is 384 g/mol. The van der Waals surface area contributed by atoms with Gasteiger partial charge in [0.25, 0.3) is 0 Å². The average Bonchev–Trinajstić information content (AvgIpc) is 3.30. The molecule has 0 bridgehead atoms. The van der Waals surface area contributed by atoms with Crippen LogP contribution in [0.1, 0.15) is 25.2 Å². The molecule has 0 aliphatic carbocycles. The van der Waals surface area contributed by atoms with Crippen LogP contribution in [0.4, 0.5) is 5.69 Å². The summed E-state index contributed by atoms with van der Waals surface area (Å²) in [4.78, 5) is 14.8. The van der Waals surface area contributed by atoms with E-state index >= 15 is 0 Å². The van der Waals surface area contributed by atoms with Crippen molar-refractivity contribution < 1.29 is 9.53 Å². The summed E-state index contributed by atoms with van der Waals surface area (Å²) in [5, 5.41) is 9.30. The first-order valence-electron chi connectivity index (χ1n) is 9.80. The van der Waals surface area contributed by atoms with Crippen LogP contribution in [-0.2, 0) is 24.4 Å². The molecule has 0 saturated heterocycles. The molecule has 2 aromatic carbocycles. The smallest absolute Gasteiger partial charge is 0.237 e. The highest BCUT2D eigenvalue weighted by atomic mass is 32.2. The summed E-state index contributed by atoms with van der Waals surface area (Å²) in [5.41, 5.74) is 2.26. The summed E-state index contributed by atoms with van der Waals surface area (Å²) in [6.45, 7) is 5.20. The number of amides is 1. The number of thioether (sulfide) groups is 1. The van der Waals surface area contributed by atoms with E-state index in [1.807, 2.05) is 64.9 Å². The number of carbonyl (C=O) groups is 1. The SMILES string of the molecule is CCn1c(COc2ccccc2)nnc1SCC(=O)N1c2ccccc2C[C@@H]1C. The number of fused-ring (bicyclic) bond motifs is 1. The Morgan fingerprint density at radius 1 is 1.14 bits per heavy atom.